The van der Waals surface area contributed by atoms with E-state index in [-0.39, 0.29) is 0 Å². The molecule has 0 radical (unpaired) electrons. The van der Waals surface area contributed by atoms with Gasteiger partial charge in [-0.25, -0.2) is 4.79 Å². The van der Waals surface area contributed by atoms with Crippen LogP contribution >= 0.6 is 0 Å². The van der Waals surface area contributed by atoms with Crippen LogP contribution in [0.1, 0.15) is 5.56 Å². The second-order valence-corrected chi connectivity index (χ2v) is 3.37. The standard InChI is InChI=1S/C13H9FO2/c14-12(13(15)16)8-10-6-3-5-9-4-1-2-7-11(9)10/h1-8H,(H,15,16). The van der Waals surface area contributed by atoms with Crippen LogP contribution in [0.15, 0.2) is 48.3 Å². The zero-order valence-electron chi connectivity index (χ0n) is 8.35. The number of carbonyl (C=O) groups is 1. The Morgan fingerprint density at radius 2 is 1.81 bits per heavy atom. The summed E-state index contributed by atoms with van der Waals surface area (Å²) in [6.45, 7) is 0. The molecule has 0 aliphatic heterocycles. The van der Waals surface area contributed by atoms with Gasteiger partial charge >= 0.3 is 5.97 Å². The molecule has 0 saturated carbocycles. The predicted molar refractivity (Wildman–Crippen MR) is 60.7 cm³/mol. The lowest BCUT2D eigenvalue weighted by Crippen LogP contribution is -1.94. The van der Waals surface area contributed by atoms with E-state index in [2.05, 4.69) is 0 Å². The highest BCUT2D eigenvalue weighted by atomic mass is 19.1. The second kappa shape index (κ2) is 4.14. The molecule has 2 aromatic carbocycles. The average molecular weight is 216 g/mol. The van der Waals surface area contributed by atoms with Crippen molar-refractivity contribution >= 4 is 22.8 Å². The van der Waals surface area contributed by atoms with Gasteiger partial charge in [-0.2, -0.15) is 4.39 Å². The Kier molecular flexibility index (Phi) is 2.68. The van der Waals surface area contributed by atoms with Crippen LogP contribution in [0.4, 0.5) is 4.39 Å². The molecule has 0 amide bonds. The number of carboxylic acids is 1. The monoisotopic (exact) mass is 216 g/mol. The van der Waals surface area contributed by atoms with Crippen LogP contribution in [0, 0.1) is 0 Å². The fraction of sp³-hybridized carbons (Fsp3) is 0. The SMILES string of the molecule is O=C(O)C(F)=Cc1cccc2ccccc12. The van der Waals surface area contributed by atoms with E-state index >= 15 is 0 Å². The smallest absolute Gasteiger partial charge is 0.364 e. The van der Waals surface area contributed by atoms with Crippen molar-refractivity contribution in [3.05, 3.63) is 53.9 Å². The Morgan fingerprint density at radius 3 is 2.56 bits per heavy atom. The summed E-state index contributed by atoms with van der Waals surface area (Å²) < 4.78 is 13.0. The Bertz CT molecular complexity index is 568. The first-order valence-corrected chi connectivity index (χ1v) is 4.77. The van der Waals surface area contributed by atoms with E-state index in [0.29, 0.717) is 5.56 Å². The molecule has 0 spiro atoms. The Balaban J connectivity index is 2.61. The summed E-state index contributed by atoms with van der Waals surface area (Å²) in [6, 6.07) is 12.8. The van der Waals surface area contributed by atoms with Crippen LogP contribution in [0.2, 0.25) is 0 Å². The van der Waals surface area contributed by atoms with Crippen molar-refractivity contribution in [2.24, 2.45) is 0 Å². The van der Waals surface area contributed by atoms with Gasteiger partial charge in [0, 0.05) is 0 Å². The van der Waals surface area contributed by atoms with Gasteiger partial charge in [0.1, 0.15) is 0 Å². The lowest BCUT2D eigenvalue weighted by atomic mass is 10.0. The van der Waals surface area contributed by atoms with Gasteiger partial charge in [0.15, 0.2) is 0 Å². The number of benzene rings is 2. The predicted octanol–water partition coefficient (Wildman–Crippen LogP) is 3.23. The molecule has 1 N–H and O–H groups in total. The van der Waals surface area contributed by atoms with Gasteiger partial charge in [-0.05, 0) is 22.4 Å². The summed E-state index contributed by atoms with van der Waals surface area (Å²) in [5, 5.41) is 10.3. The normalized spacial score (nSPS) is 11.7. The lowest BCUT2D eigenvalue weighted by Gasteiger charge is -2.01. The van der Waals surface area contributed by atoms with Crippen molar-refractivity contribution in [2.75, 3.05) is 0 Å². The molecule has 0 unspecified atom stereocenters. The molecule has 0 aliphatic rings. The summed E-state index contributed by atoms with van der Waals surface area (Å²) in [5.74, 6) is -2.70. The topological polar surface area (TPSA) is 37.3 Å². The number of hydrogen-bond donors (Lipinski definition) is 1. The van der Waals surface area contributed by atoms with E-state index in [1.807, 2.05) is 30.3 Å². The molecule has 0 atom stereocenters. The molecular weight excluding hydrogens is 207 g/mol. The largest absolute Gasteiger partial charge is 0.476 e. The lowest BCUT2D eigenvalue weighted by molar-refractivity contribution is -0.134. The highest BCUT2D eigenvalue weighted by Gasteiger charge is 2.06. The Hall–Kier alpha value is -2.16. The Morgan fingerprint density at radius 1 is 1.12 bits per heavy atom. The fourth-order valence-electron chi connectivity index (χ4n) is 1.57. The minimum Gasteiger partial charge on any atom is -0.476 e. The van der Waals surface area contributed by atoms with Gasteiger partial charge in [0.2, 0.25) is 5.83 Å². The van der Waals surface area contributed by atoms with Crippen LogP contribution in [0.5, 0.6) is 0 Å². The fourth-order valence-corrected chi connectivity index (χ4v) is 1.57. The maximum atomic E-state index is 13.0. The molecule has 0 aromatic heterocycles. The van der Waals surface area contributed by atoms with Gasteiger partial charge in [-0.15, -0.1) is 0 Å². The van der Waals surface area contributed by atoms with E-state index in [9.17, 15) is 9.18 Å². The van der Waals surface area contributed by atoms with Crippen molar-refractivity contribution in [2.45, 2.75) is 0 Å². The molecule has 0 saturated heterocycles. The van der Waals surface area contributed by atoms with Gasteiger partial charge in [-0.3, -0.25) is 0 Å². The molecule has 2 nitrogen and oxygen atoms in total. The molecule has 0 heterocycles. The maximum Gasteiger partial charge on any atom is 0.364 e. The molecule has 0 aliphatic carbocycles. The molecule has 80 valence electrons. The van der Waals surface area contributed by atoms with Gasteiger partial charge in [0.25, 0.3) is 0 Å². The molecule has 16 heavy (non-hydrogen) atoms. The molecule has 3 heteroatoms. The zero-order chi connectivity index (χ0) is 11.5. The van der Waals surface area contributed by atoms with E-state index in [4.69, 9.17) is 5.11 Å². The van der Waals surface area contributed by atoms with Crippen LogP contribution in [0.25, 0.3) is 16.8 Å². The van der Waals surface area contributed by atoms with Crippen LogP contribution in [-0.4, -0.2) is 11.1 Å². The number of hydrogen-bond acceptors (Lipinski definition) is 1. The molecule has 2 rings (SSSR count). The summed E-state index contributed by atoms with van der Waals surface area (Å²) in [7, 11) is 0. The first-order chi connectivity index (χ1) is 7.68. The third kappa shape index (κ3) is 1.93. The van der Waals surface area contributed by atoms with Crippen molar-refractivity contribution < 1.29 is 14.3 Å². The van der Waals surface area contributed by atoms with E-state index in [1.54, 1.807) is 12.1 Å². The first-order valence-electron chi connectivity index (χ1n) is 4.77. The van der Waals surface area contributed by atoms with Crippen LogP contribution < -0.4 is 0 Å². The highest BCUT2D eigenvalue weighted by molar-refractivity contribution is 5.96. The van der Waals surface area contributed by atoms with E-state index in [0.717, 1.165) is 16.8 Å². The van der Waals surface area contributed by atoms with Crippen molar-refractivity contribution in [1.82, 2.24) is 0 Å². The highest BCUT2D eigenvalue weighted by Crippen LogP contribution is 2.21. The minimum atomic E-state index is -1.55. The number of rotatable bonds is 2. The summed E-state index contributed by atoms with van der Waals surface area (Å²) in [5.41, 5.74) is 0.568. The molecule has 0 bridgehead atoms. The quantitative estimate of drug-likeness (QED) is 0.782. The van der Waals surface area contributed by atoms with Gasteiger partial charge in [-0.1, -0.05) is 42.5 Å². The summed E-state index contributed by atoms with van der Waals surface area (Å²) >= 11 is 0. The summed E-state index contributed by atoms with van der Waals surface area (Å²) in [4.78, 5) is 10.4. The molecule has 0 fully saturated rings. The second-order valence-electron chi connectivity index (χ2n) is 3.37. The van der Waals surface area contributed by atoms with Crippen LogP contribution in [0.3, 0.4) is 0 Å². The third-order valence-corrected chi connectivity index (χ3v) is 2.31. The maximum absolute atomic E-state index is 13.0. The number of aliphatic carboxylic acids is 1. The van der Waals surface area contributed by atoms with Crippen molar-refractivity contribution in [3.63, 3.8) is 0 Å². The first kappa shape index (κ1) is 10.4. The van der Waals surface area contributed by atoms with Gasteiger partial charge < -0.3 is 5.11 Å². The average Bonchev–Trinajstić information content (AvgIpc) is 2.29. The van der Waals surface area contributed by atoms with E-state index in [1.165, 1.54) is 0 Å². The molecular formula is C13H9FO2. The number of halogens is 1. The number of fused-ring (bicyclic) bond motifs is 1. The zero-order valence-corrected chi connectivity index (χ0v) is 8.35. The summed E-state index contributed by atoms with van der Waals surface area (Å²) in [6.07, 6.45) is 1.03. The van der Waals surface area contributed by atoms with Crippen molar-refractivity contribution in [3.8, 4) is 0 Å². The minimum absolute atomic E-state index is 0.568. The van der Waals surface area contributed by atoms with Gasteiger partial charge in [0.05, 0.1) is 0 Å². The third-order valence-electron chi connectivity index (χ3n) is 2.31. The van der Waals surface area contributed by atoms with E-state index < -0.39 is 11.8 Å². The van der Waals surface area contributed by atoms with Crippen molar-refractivity contribution in [1.29, 1.82) is 0 Å². The molecule has 2 aromatic rings. The Labute approximate surface area is 91.6 Å². The van der Waals surface area contributed by atoms with Crippen LogP contribution in [-0.2, 0) is 4.79 Å². The number of carboxylic acid groups (broad SMARTS) is 1.